The largest absolute Gasteiger partial charge is 0.465 e. The zero-order valence-corrected chi connectivity index (χ0v) is 15.1. The van der Waals surface area contributed by atoms with Gasteiger partial charge in [0.05, 0.1) is 18.3 Å². The molecule has 3 atom stereocenters. The number of aryl methyl sites for hydroxylation is 1. The summed E-state index contributed by atoms with van der Waals surface area (Å²) in [6, 6.07) is 10.4. The Kier molecular flexibility index (Phi) is 5.66. The van der Waals surface area contributed by atoms with Crippen LogP contribution in [0.5, 0.6) is 0 Å². The van der Waals surface area contributed by atoms with Crippen LogP contribution in [0.3, 0.4) is 0 Å². The van der Waals surface area contributed by atoms with Gasteiger partial charge >= 0.3 is 5.97 Å². The predicted molar refractivity (Wildman–Crippen MR) is 92.5 cm³/mol. The molecule has 4 nitrogen and oxygen atoms in total. The van der Waals surface area contributed by atoms with E-state index in [1.165, 1.54) is 0 Å². The van der Waals surface area contributed by atoms with Crippen molar-refractivity contribution in [2.24, 2.45) is 5.92 Å². The first-order valence-electron chi connectivity index (χ1n) is 8.68. The molecule has 4 heteroatoms. The second-order valence-electron chi connectivity index (χ2n) is 6.92. The third kappa shape index (κ3) is 3.47. The van der Waals surface area contributed by atoms with Crippen LogP contribution in [0.1, 0.15) is 51.2 Å². The van der Waals surface area contributed by atoms with Gasteiger partial charge in [0, 0.05) is 12.0 Å². The van der Waals surface area contributed by atoms with Crippen molar-refractivity contribution < 1.29 is 14.3 Å². The quantitative estimate of drug-likeness (QED) is 0.768. The maximum atomic E-state index is 12.5. The lowest BCUT2D eigenvalue weighted by Crippen LogP contribution is -2.51. The monoisotopic (exact) mass is 329 g/mol. The molecule has 0 bridgehead atoms. The third-order valence-electron chi connectivity index (χ3n) is 5.27. The molecule has 0 amide bonds. The van der Waals surface area contributed by atoms with Crippen LogP contribution >= 0.6 is 0 Å². The molecule has 2 rings (SSSR count). The fourth-order valence-corrected chi connectivity index (χ4v) is 3.69. The Hall–Kier alpha value is -1.86. The Morgan fingerprint density at radius 3 is 2.58 bits per heavy atom. The molecule has 1 aromatic rings. The fourth-order valence-electron chi connectivity index (χ4n) is 3.69. The van der Waals surface area contributed by atoms with E-state index in [1.54, 1.807) is 6.92 Å². The van der Waals surface area contributed by atoms with E-state index in [4.69, 9.17) is 9.47 Å². The number of rotatable bonds is 5. The number of benzene rings is 1. The molecule has 1 aliphatic rings. The van der Waals surface area contributed by atoms with E-state index >= 15 is 0 Å². The second-order valence-corrected chi connectivity index (χ2v) is 6.92. The lowest BCUT2D eigenvalue weighted by atomic mass is 9.61. The molecule has 0 unspecified atom stereocenters. The van der Waals surface area contributed by atoms with Crippen LogP contribution in [0.25, 0.3) is 0 Å². The zero-order valence-electron chi connectivity index (χ0n) is 15.1. The smallest absolute Gasteiger partial charge is 0.324 e. The zero-order chi connectivity index (χ0) is 17.8. The Bertz CT molecular complexity index is 619. The molecule has 1 saturated heterocycles. The number of ether oxygens (including phenoxy) is 2. The molecule has 0 radical (unpaired) electrons. The van der Waals surface area contributed by atoms with Crippen molar-refractivity contribution in [3.63, 3.8) is 0 Å². The summed E-state index contributed by atoms with van der Waals surface area (Å²) in [4.78, 5) is 12.5. The first-order valence-corrected chi connectivity index (χ1v) is 8.68. The van der Waals surface area contributed by atoms with Gasteiger partial charge in [-0.1, -0.05) is 36.8 Å². The molecule has 1 fully saturated rings. The van der Waals surface area contributed by atoms with Gasteiger partial charge in [-0.25, -0.2) is 0 Å². The van der Waals surface area contributed by atoms with E-state index in [0.717, 1.165) is 17.5 Å². The average molecular weight is 329 g/mol. The summed E-state index contributed by atoms with van der Waals surface area (Å²) >= 11 is 0. The van der Waals surface area contributed by atoms with Gasteiger partial charge in [-0.05, 0) is 45.6 Å². The molecule has 0 N–H and O–H groups in total. The first kappa shape index (κ1) is 18.5. The molecule has 1 heterocycles. The molecular weight excluding hydrogens is 302 g/mol. The number of carbonyl (C=O) groups is 1. The van der Waals surface area contributed by atoms with Crippen molar-refractivity contribution in [2.45, 2.75) is 58.0 Å². The van der Waals surface area contributed by atoms with Crippen molar-refractivity contribution in [1.82, 2.24) is 0 Å². The van der Waals surface area contributed by atoms with Crippen molar-refractivity contribution in [2.75, 3.05) is 13.2 Å². The predicted octanol–water partition coefficient (Wildman–Crippen LogP) is 3.91. The summed E-state index contributed by atoms with van der Waals surface area (Å²) in [6.07, 6.45) is 2.11. The minimum Gasteiger partial charge on any atom is -0.465 e. The van der Waals surface area contributed by atoms with Gasteiger partial charge in [0.1, 0.15) is 0 Å². The lowest BCUT2D eigenvalue weighted by molar-refractivity contribution is -0.154. The molecule has 1 aliphatic heterocycles. The van der Waals surface area contributed by atoms with Crippen molar-refractivity contribution >= 4 is 5.97 Å². The molecule has 130 valence electrons. The number of hydrogen-bond acceptors (Lipinski definition) is 4. The lowest BCUT2D eigenvalue weighted by Gasteiger charge is -2.48. The highest BCUT2D eigenvalue weighted by Crippen LogP contribution is 2.48. The summed E-state index contributed by atoms with van der Waals surface area (Å²) in [6.45, 7) is 8.76. The highest BCUT2D eigenvalue weighted by atomic mass is 16.5. The molecular formula is C20H27NO3. The summed E-state index contributed by atoms with van der Waals surface area (Å²) in [5.74, 6) is -1.25. The minimum absolute atomic E-state index is 0.280. The van der Waals surface area contributed by atoms with Crippen molar-refractivity contribution in [3.05, 3.63) is 35.4 Å². The van der Waals surface area contributed by atoms with Gasteiger partial charge in [-0.3, -0.25) is 4.79 Å². The van der Waals surface area contributed by atoms with E-state index in [2.05, 4.69) is 19.9 Å². The van der Waals surface area contributed by atoms with Gasteiger partial charge < -0.3 is 9.47 Å². The maximum absolute atomic E-state index is 12.5. The van der Waals surface area contributed by atoms with E-state index < -0.39 is 17.3 Å². The topological polar surface area (TPSA) is 59.3 Å². The Morgan fingerprint density at radius 1 is 1.38 bits per heavy atom. The Balaban J connectivity index is 2.54. The number of carbonyl (C=O) groups excluding carboxylic acids is 1. The van der Waals surface area contributed by atoms with Gasteiger partial charge in [0.2, 0.25) is 0 Å². The molecule has 1 aromatic carbocycles. The number of nitrogens with zero attached hydrogens (tertiary/aromatic N) is 1. The summed E-state index contributed by atoms with van der Waals surface area (Å²) in [7, 11) is 0. The van der Waals surface area contributed by atoms with Crippen LogP contribution in [0, 0.1) is 24.2 Å². The van der Waals surface area contributed by atoms with Crippen molar-refractivity contribution in [1.29, 1.82) is 5.26 Å². The number of esters is 1. The number of hydrogen-bond donors (Lipinski definition) is 0. The first-order chi connectivity index (χ1) is 11.4. The molecule has 24 heavy (non-hydrogen) atoms. The Morgan fingerprint density at radius 2 is 2.04 bits per heavy atom. The molecule has 0 saturated carbocycles. The minimum atomic E-state index is -0.824. The van der Waals surface area contributed by atoms with E-state index in [-0.39, 0.29) is 12.2 Å². The van der Waals surface area contributed by atoms with Crippen molar-refractivity contribution in [3.8, 4) is 6.07 Å². The van der Waals surface area contributed by atoms with Crippen LogP contribution in [0.15, 0.2) is 24.3 Å². The molecule has 0 spiro atoms. The van der Waals surface area contributed by atoms with Crippen LogP contribution < -0.4 is 0 Å². The van der Waals surface area contributed by atoms with Crippen LogP contribution in [0.4, 0.5) is 0 Å². The SMILES string of the molecule is CCOC(=O)[C@@H](C#N)[C@]1(c2ccc(C)cc2)CCO[C@@](C)(CC)C1. The fraction of sp³-hybridized carbons (Fsp3) is 0.600. The molecule has 0 aliphatic carbocycles. The normalized spacial score (nSPS) is 28.0. The second kappa shape index (κ2) is 7.36. The van der Waals surface area contributed by atoms with E-state index in [9.17, 15) is 10.1 Å². The van der Waals surface area contributed by atoms with Gasteiger partial charge in [-0.15, -0.1) is 0 Å². The van der Waals surface area contributed by atoms with Crippen LogP contribution in [-0.2, 0) is 19.7 Å². The van der Waals surface area contributed by atoms with Gasteiger partial charge in [0.15, 0.2) is 5.92 Å². The maximum Gasteiger partial charge on any atom is 0.324 e. The van der Waals surface area contributed by atoms with Crippen LogP contribution in [-0.4, -0.2) is 24.8 Å². The summed E-state index contributed by atoms with van der Waals surface area (Å²) < 4.78 is 11.2. The highest BCUT2D eigenvalue weighted by Gasteiger charge is 2.51. The molecule has 0 aromatic heterocycles. The van der Waals surface area contributed by atoms with Crippen LogP contribution in [0.2, 0.25) is 0 Å². The van der Waals surface area contributed by atoms with Gasteiger partial charge in [0.25, 0.3) is 0 Å². The summed E-state index contributed by atoms with van der Waals surface area (Å²) in [5.41, 5.74) is 1.27. The summed E-state index contributed by atoms with van der Waals surface area (Å²) in [5, 5.41) is 9.81. The van der Waals surface area contributed by atoms with E-state index in [1.807, 2.05) is 31.2 Å². The third-order valence-corrected chi connectivity index (χ3v) is 5.27. The standard InChI is InChI=1S/C20H27NO3/c1-5-19(4)14-20(11-12-24-19,16-9-7-15(3)8-10-16)17(13-21)18(22)23-6-2/h7-10,17H,5-6,11-12,14H2,1-4H3/t17-,19+,20-/m1/s1. The van der Waals surface area contributed by atoms with Gasteiger partial charge in [-0.2, -0.15) is 5.26 Å². The number of nitriles is 1. The van der Waals surface area contributed by atoms with E-state index in [0.29, 0.717) is 19.4 Å². The highest BCUT2D eigenvalue weighted by molar-refractivity contribution is 5.77. The average Bonchev–Trinajstić information content (AvgIpc) is 2.56. The Labute approximate surface area is 144 Å².